The van der Waals surface area contributed by atoms with Crippen LogP contribution in [0.4, 0.5) is 0 Å². The Hall–Kier alpha value is -3.87. The summed E-state index contributed by atoms with van der Waals surface area (Å²) in [5.74, 6) is 1.21. The quantitative estimate of drug-likeness (QED) is 0.308. The zero-order valence-corrected chi connectivity index (χ0v) is 15.9. The van der Waals surface area contributed by atoms with Crippen LogP contribution >= 0.6 is 0 Å². The molecule has 0 fully saturated rings. The van der Waals surface area contributed by atoms with E-state index in [4.69, 9.17) is 18.6 Å². The maximum absolute atomic E-state index is 12.0. The van der Waals surface area contributed by atoms with Crippen LogP contribution in [0.5, 0.6) is 11.5 Å². The second-order valence-electron chi connectivity index (χ2n) is 5.82. The molecule has 3 rings (SSSR count). The van der Waals surface area contributed by atoms with Gasteiger partial charge in [-0.15, -0.1) is 10.2 Å². The largest absolute Gasteiger partial charge is 0.493 e. The van der Waals surface area contributed by atoms with Gasteiger partial charge in [0.1, 0.15) is 6.61 Å². The van der Waals surface area contributed by atoms with Crippen LogP contribution < -0.4 is 9.47 Å². The molecule has 0 atom stereocenters. The fraction of sp³-hybridized carbons (Fsp3) is 0.136. The summed E-state index contributed by atoms with van der Waals surface area (Å²) in [5, 5.41) is 7.83. The minimum Gasteiger partial charge on any atom is -0.493 e. The van der Waals surface area contributed by atoms with Crippen molar-refractivity contribution < 1.29 is 23.4 Å². The molecule has 0 aliphatic carbocycles. The molecule has 7 nitrogen and oxygen atoms in total. The number of aromatic nitrogens is 2. The van der Waals surface area contributed by atoms with Gasteiger partial charge in [-0.1, -0.05) is 36.9 Å². The SMILES string of the molecule is C=CCOc1ccc(/C=C/C(=O)OCc2nnc(-c3ccccc3)o2)cc1OC. The lowest BCUT2D eigenvalue weighted by molar-refractivity contribution is -0.139. The molecule has 0 saturated heterocycles. The fourth-order valence-electron chi connectivity index (χ4n) is 2.41. The van der Waals surface area contributed by atoms with Gasteiger partial charge < -0.3 is 18.6 Å². The van der Waals surface area contributed by atoms with Crippen LogP contribution in [0.15, 0.2) is 71.7 Å². The predicted octanol–water partition coefficient (Wildman–Crippen LogP) is 4.07. The molecular weight excluding hydrogens is 372 g/mol. The highest BCUT2D eigenvalue weighted by molar-refractivity contribution is 5.87. The second-order valence-corrected chi connectivity index (χ2v) is 5.82. The third-order valence-corrected chi connectivity index (χ3v) is 3.78. The first-order valence-corrected chi connectivity index (χ1v) is 8.84. The average molecular weight is 392 g/mol. The van der Waals surface area contributed by atoms with Gasteiger partial charge in [-0.2, -0.15) is 0 Å². The van der Waals surface area contributed by atoms with Gasteiger partial charge in [0.15, 0.2) is 18.1 Å². The molecular formula is C22H20N2O5. The summed E-state index contributed by atoms with van der Waals surface area (Å²) >= 11 is 0. The predicted molar refractivity (Wildman–Crippen MR) is 107 cm³/mol. The molecule has 0 spiro atoms. The van der Waals surface area contributed by atoms with Gasteiger partial charge in [0.05, 0.1) is 7.11 Å². The van der Waals surface area contributed by atoms with E-state index in [-0.39, 0.29) is 12.5 Å². The van der Waals surface area contributed by atoms with Gasteiger partial charge in [0.25, 0.3) is 5.89 Å². The lowest BCUT2D eigenvalue weighted by Gasteiger charge is -2.09. The van der Waals surface area contributed by atoms with E-state index in [1.165, 1.54) is 6.08 Å². The minimum atomic E-state index is -0.532. The molecule has 7 heteroatoms. The number of rotatable bonds is 9. The number of hydrogen-bond acceptors (Lipinski definition) is 7. The Bertz CT molecular complexity index is 995. The summed E-state index contributed by atoms with van der Waals surface area (Å²) < 4.78 is 21.4. The van der Waals surface area contributed by atoms with Crippen LogP contribution in [-0.4, -0.2) is 29.9 Å². The van der Waals surface area contributed by atoms with Gasteiger partial charge in [-0.25, -0.2) is 4.79 Å². The molecule has 29 heavy (non-hydrogen) atoms. The van der Waals surface area contributed by atoms with Crippen molar-refractivity contribution in [3.63, 3.8) is 0 Å². The number of carbonyl (C=O) groups is 1. The van der Waals surface area contributed by atoms with Gasteiger partial charge in [-0.3, -0.25) is 0 Å². The third-order valence-electron chi connectivity index (χ3n) is 3.78. The number of ether oxygens (including phenoxy) is 3. The number of benzene rings is 2. The summed E-state index contributed by atoms with van der Waals surface area (Å²) in [5.41, 5.74) is 1.56. The first kappa shape index (κ1) is 19.9. The number of nitrogens with zero attached hydrogens (tertiary/aromatic N) is 2. The normalized spacial score (nSPS) is 10.7. The molecule has 1 aromatic heterocycles. The molecule has 0 aliphatic heterocycles. The van der Waals surface area contributed by atoms with Crippen molar-refractivity contribution in [1.29, 1.82) is 0 Å². The zero-order chi connectivity index (χ0) is 20.5. The van der Waals surface area contributed by atoms with Crippen LogP contribution in [0.25, 0.3) is 17.5 Å². The Morgan fingerprint density at radius 2 is 1.97 bits per heavy atom. The first-order valence-electron chi connectivity index (χ1n) is 8.84. The van der Waals surface area contributed by atoms with E-state index in [0.29, 0.717) is 24.0 Å². The molecule has 3 aromatic rings. The summed E-state index contributed by atoms with van der Waals surface area (Å²) in [7, 11) is 1.55. The van der Waals surface area contributed by atoms with Crippen LogP contribution in [0.2, 0.25) is 0 Å². The highest BCUT2D eigenvalue weighted by Crippen LogP contribution is 2.28. The Labute approximate surface area is 168 Å². The number of carbonyl (C=O) groups excluding carboxylic acids is 1. The molecule has 0 N–H and O–H groups in total. The standard InChI is InChI=1S/C22H20N2O5/c1-3-13-27-18-11-9-16(14-19(18)26-2)10-12-21(25)28-15-20-23-24-22(29-20)17-7-5-4-6-8-17/h3-12,14H,1,13,15H2,2H3/b12-10+. The summed E-state index contributed by atoms with van der Waals surface area (Å²) in [6.07, 6.45) is 4.58. The molecule has 0 aliphatic rings. The van der Waals surface area contributed by atoms with E-state index >= 15 is 0 Å². The number of esters is 1. The molecule has 0 bridgehead atoms. The fourth-order valence-corrected chi connectivity index (χ4v) is 2.41. The molecule has 0 unspecified atom stereocenters. The molecule has 0 amide bonds. The highest BCUT2D eigenvalue weighted by atomic mass is 16.5. The topological polar surface area (TPSA) is 83.7 Å². The maximum Gasteiger partial charge on any atom is 0.331 e. The van der Waals surface area contributed by atoms with Crippen LogP contribution in [-0.2, 0) is 16.1 Å². The van der Waals surface area contributed by atoms with E-state index in [9.17, 15) is 4.79 Å². The monoisotopic (exact) mass is 392 g/mol. The van der Waals surface area contributed by atoms with Crippen LogP contribution in [0, 0.1) is 0 Å². The Morgan fingerprint density at radius 1 is 1.14 bits per heavy atom. The van der Waals surface area contributed by atoms with Gasteiger partial charge in [0, 0.05) is 11.6 Å². The maximum atomic E-state index is 12.0. The molecule has 1 heterocycles. The molecule has 148 valence electrons. The van der Waals surface area contributed by atoms with Crippen molar-refractivity contribution >= 4 is 12.0 Å². The van der Waals surface area contributed by atoms with E-state index < -0.39 is 5.97 Å². The lowest BCUT2D eigenvalue weighted by atomic mass is 10.2. The van der Waals surface area contributed by atoms with Crippen molar-refractivity contribution in [3.8, 4) is 23.0 Å². The number of methoxy groups -OCH3 is 1. The molecule has 2 aromatic carbocycles. The highest BCUT2D eigenvalue weighted by Gasteiger charge is 2.10. The smallest absolute Gasteiger partial charge is 0.331 e. The van der Waals surface area contributed by atoms with E-state index in [0.717, 1.165) is 11.1 Å². The van der Waals surface area contributed by atoms with E-state index in [2.05, 4.69) is 16.8 Å². The van der Waals surface area contributed by atoms with E-state index in [1.807, 2.05) is 30.3 Å². The van der Waals surface area contributed by atoms with Crippen molar-refractivity contribution in [2.45, 2.75) is 6.61 Å². The van der Waals surface area contributed by atoms with Crippen LogP contribution in [0.3, 0.4) is 0 Å². The van der Waals surface area contributed by atoms with Crippen LogP contribution in [0.1, 0.15) is 11.5 Å². The van der Waals surface area contributed by atoms with Gasteiger partial charge >= 0.3 is 5.97 Å². The Balaban J connectivity index is 1.56. The van der Waals surface area contributed by atoms with Crippen molar-refractivity contribution in [1.82, 2.24) is 10.2 Å². The first-order chi connectivity index (χ1) is 14.2. The average Bonchev–Trinajstić information content (AvgIpc) is 3.24. The molecule has 0 radical (unpaired) electrons. The van der Waals surface area contributed by atoms with E-state index in [1.54, 1.807) is 37.5 Å². The summed E-state index contributed by atoms with van der Waals surface area (Å²) in [6.45, 7) is 3.87. The Morgan fingerprint density at radius 3 is 2.72 bits per heavy atom. The summed E-state index contributed by atoms with van der Waals surface area (Å²) in [6, 6.07) is 14.7. The lowest BCUT2D eigenvalue weighted by Crippen LogP contribution is -2.01. The summed E-state index contributed by atoms with van der Waals surface area (Å²) in [4.78, 5) is 12.0. The zero-order valence-electron chi connectivity index (χ0n) is 15.9. The number of hydrogen-bond donors (Lipinski definition) is 0. The third kappa shape index (κ3) is 5.55. The van der Waals surface area contributed by atoms with Crippen molar-refractivity contribution in [2.75, 3.05) is 13.7 Å². The molecule has 0 saturated carbocycles. The second kappa shape index (κ2) is 9.89. The Kier molecular flexibility index (Phi) is 6.78. The van der Waals surface area contributed by atoms with Gasteiger partial charge in [-0.05, 0) is 35.9 Å². The van der Waals surface area contributed by atoms with Crippen molar-refractivity contribution in [2.24, 2.45) is 0 Å². The minimum absolute atomic E-state index is 0.110. The van der Waals surface area contributed by atoms with Gasteiger partial charge in [0.2, 0.25) is 5.89 Å². The van der Waals surface area contributed by atoms with Crippen molar-refractivity contribution in [3.05, 3.63) is 78.7 Å².